The van der Waals surface area contributed by atoms with Crippen molar-refractivity contribution in [3.8, 4) is 6.07 Å². The van der Waals surface area contributed by atoms with E-state index < -0.39 is 0 Å². The number of rotatable bonds is 1. The van der Waals surface area contributed by atoms with Crippen LogP contribution in [-0.2, 0) is 6.54 Å². The first-order chi connectivity index (χ1) is 5.25. The maximum absolute atomic E-state index is 11.1. The number of hydrogen-bond acceptors (Lipinski definition) is 3. The number of hydrogen-bond donors (Lipinski definition) is 0. The van der Waals surface area contributed by atoms with Gasteiger partial charge in [0.25, 0.3) is 5.56 Å². The van der Waals surface area contributed by atoms with Crippen molar-refractivity contribution in [2.45, 2.75) is 6.54 Å². The molecule has 0 saturated heterocycles. The Morgan fingerprint density at radius 1 is 1.82 bits per heavy atom. The van der Waals surface area contributed by atoms with Crippen LogP contribution in [0.1, 0.15) is 0 Å². The average molecular weight is 261 g/mol. The predicted octanol–water partition coefficient (Wildman–Crippen LogP) is 0.371. The summed E-state index contributed by atoms with van der Waals surface area (Å²) >= 11 is 1.88. The van der Waals surface area contributed by atoms with E-state index in [2.05, 4.69) is 4.98 Å². The fourth-order valence-electron chi connectivity index (χ4n) is 0.613. The zero-order chi connectivity index (χ0) is 8.27. The molecular formula is C6H4IN3O. The minimum absolute atomic E-state index is 0.0582. The zero-order valence-corrected chi connectivity index (χ0v) is 7.65. The molecule has 0 aliphatic heterocycles. The van der Waals surface area contributed by atoms with Gasteiger partial charge in [-0.1, -0.05) is 0 Å². The standard InChI is InChI=1S/C6H4IN3O/c7-5-3-9-4-10(2-1-8)6(5)11/h3-4H,2H2. The van der Waals surface area contributed by atoms with E-state index in [9.17, 15) is 4.79 Å². The van der Waals surface area contributed by atoms with Crippen molar-refractivity contribution in [2.24, 2.45) is 0 Å². The molecule has 1 heterocycles. The lowest BCUT2D eigenvalue weighted by Gasteiger charge is -1.96. The molecule has 0 aromatic carbocycles. The van der Waals surface area contributed by atoms with Crippen molar-refractivity contribution in [3.05, 3.63) is 26.4 Å². The van der Waals surface area contributed by atoms with E-state index >= 15 is 0 Å². The lowest BCUT2D eigenvalue weighted by Crippen LogP contribution is -2.21. The molecule has 0 radical (unpaired) electrons. The Morgan fingerprint density at radius 3 is 3.18 bits per heavy atom. The fourth-order valence-corrected chi connectivity index (χ4v) is 1.08. The summed E-state index contributed by atoms with van der Waals surface area (Å²) in [5.41, 5.74) is -0.165. The third kappa shape index (κ3) is 1.77. The van der Waals surface area contributed by atoms with Gasteiger partial charge in [0, 0.05) is 6.20 Å². The van der Waals surface area contributed by atoms with Gasteiger partial charge in [0.15, 0.2) is 0 Å². The Morgan fingerprint density at radius 2 is 2.55 bits per heavy atom. The van der Waals surface area contributed by atoms with Crippen molar-refractivity contribution in [1.29, 1.82) is 5.26 Å². The maximum Gasteiger partial charge on any atom is 0.267 e. The highest BCUT2D eigenvalue weighted by Crippen LogP contribution is 1.92. The van der Waals surface area contributed by atoms with Gasteiger partial charge in [-0.3, -0.25) is 9.36 Å². The van der Waals surface area contributed by atoms with Gasteiger partial charge >= 0.3 is 0 Å². The predicted molar refractivity (Wildman–Crippen MR) is 46.8 cm³/mol. The number of halogens is 1. The smallest absolute Gasteiger partial charge is 0.267 e. The summed E-state index contributed by atoms with van der Waals surface area (Å²) in [7, 11) is 0. The minimum atomic E-state index is -0.165. The quantitative estimate of drug-likeness (QED) is 0.686. The molecule has 1 rings (SSSR count). The summed E-state index contributed by atoms with van der Waals surface area (Å²) in [6.45, 7) is 0.0582. The number of nitrogens with zero attached hydrogens (tertiary/aromatic N) is 3. The van der Waals surface area contributed by atoms with E-state index in [1.807, 2.05) is 28.7 Å². The first kappa shape index (κ1) is 8.20. The lowest BCUT2D eigenvalue weighted by molar-refractivity contribution is 0.755. The summed E-state index contributed by atoms with van der Waals surface area (Å²) < 4.78 is 1.79. The Bertz CT molecular complexity index is 352. The van der Waals surface area contributed by atoms with Crippen LogP contribution in [0.5, 0.6) is 0 Å². The number of nitriles is 1. The molecule has 56 valence electrons. The third-order valence-electron chi connectivity index (χ3n) is 1.10. The van der Waals surface area contributed by atoms with Gasteiger partial charge in [-0.05, 0) is 22.6 Å². The molecule has 0 atom stereocenters. The molecule has 4 nitrogen and oxygen atoms in total. The summed E-state index contributed by atoms with van der Waals surface area (Å²) in [5.74, 6) is 0. The average Bonchev–Trinajstić information content (AvgIpc) is 1.99. The molecule has 5 heteroatoms. The first-order valence-corrected chi connectivity index (χ1v) is 3.90. The van der Waals surface area contributed by atoms with E-state index in [0.29, 0.717) is 3.57 Å². The largest absolute Gasteiger partial charge is 0.284 e. The molecule has 0 N–H and O–H groups in total. The minimum Gasteiger partial charge on any atom is -0.284 e. The van der Waals surface area contributed by atoms with Gasteiger partial charge in [0.05, 0.1) is 16.0 Å². The molecule has 0 aliphatic carbocycles. The Kier molecular flexibility index (Phi) is 2.59. The molecule has 0 unspecified atom stereocenters. The Balaban J connectivity index is 3.20. The SMILES string of the molecule is N#CCn1cncc(I)c1=O. The topological polar surface area (TPSA) is 58.7 Å². The molecule has 0 aliphatic rings. The van der Waals surface area contributed by atoms with Crippen molar-refractivity contribution < 1.29 is 0 Å². The summed E-state index contributed by atoms with van der Waals surface area (Å²) in [6.07, 6.45) is 2.82. The second-order valence-electron chi connectivity index (χ2n) is 1.83. The van der Waals surface area contributed by atoms with Crippen LogP contribution in [0.25, 0.3) is 0 Å². The van der Waals surface area contributed by atoms with Gasteiger partial charge < -0.3 is 0 Å². The zero-order valence-electron chi connectivity index (χ0n) is 5.49. The van der Waals surface area contributed by atoms with Crippen LogP contribution in [-0.4, -0.2) is 9.55 Å². The maximum atomic E-state index is 11.1. The van der Waals surface area contributed by atoms with Crippen LogP contribution in [0.15, 0.2) is 17.3 Å². The van der Waals surface area contributed by atoms with E-state index in [1.54, 1.807) is 0 Å². The van der Waals surface area contributed by atoms with Gasteiger partial charge in [0.1, 0.15) is 6.54 Å². The second kappa shape index (κ2) is 3.48. The van der Waals surface area contributed by atoms with Crippen LogP contribution in [0.4, 0.5) is 0 Å². The van der Waals surface area contributed by atoms with Crippen LogP contribution in [0.3, 0.4) is 0 Å². The third-order valence-corrected chi connectivity index (χ3v) is 1.84. The van der Waals surface area contributed by atoms with Crippen LogP contribution in [0.2, 0.25) is 0 Å². The fraction of sp³-hybridized carbons (Fsp3) is 0.167. The molecule has 0 fully saturated rings. The lowest BCUT2D eigenvalue weighted by atomic mass is 10.6. The van der Waals surface area contributed by atoms with Crippen molar-refractivity contribution in [3.63, 3.8) is 0 Å². The van der Waals surface area contributed by atoms with Crippen molar-refractivity contribution in [1.82, 2.24) is 9.55 Å². The molecule has 0 bridgehead atoms. The van der Waals surface area contributed by atoms with E-state index in [-0.39, 0.29) is 12.1 Å². The van der Waals surface area contributed by atoms with E-state index in [1.165, 1.54) is 17.1 Å². The molecule has 0 spiro atoms. The molecule has 1 aromatic heterocycles. The first-order valence-electron chi connectivity index (χ1n) is 2.82. The summed E-state index contributed by atoms with van der Waals surface area (Å²) in [5, 5.41) is 8.30. The molecular weight excluding hydrogens is 257 g/mol. The highest BCUT2D eigenvalue weighted by atomic mass is 127. The highest BCUT2D eigenvalue weighted by molar-refractivity contribution is 14.1. The normalized spacial score (nSPS) is 9.09. The molecule has 0 saturated carbocycles. The Hall–Kier alpha value is -0.900. The molecule has 0 amide bonds. The van der Waals surface area contributed by atoms with Gasteiger partial charge in [-0.15, -0.1) is 0 Å². The summed E-state index contributed by atoms with van der Waals surface area (Å²) in [6, 6.07) is 1.87. The molecule has 11 heavy (non-hydrogen) atoms. The van der Waals surface area contributed by atoms with Crippen LogP contribution >= 0.6 is 22.6 Å². The van der Waals surface area contributed by atoms with Gasteiger partial charge in [-0.2, -0.15) is 5.26 Å². The van der Waals surface area contributed by atoms with E-state index in [4.69, 9.17) is 5.26 Å². The van der Waals surface area contributed by atoms with Crippen molar-refractivity contribution in [2.75, 3.05) is 0 Å². The van der Waals surface area contributed by atoms with Gasteiger partial charge in [-0.25, -0.2) is 4.98 Å². The molecule has 1 aromatic rings. The van der Waals surface area contributed by atoms with E-state index in [0.717, 1.165) is 0 Å². The number of aromatic nitrogens is 2. The Labute approximate surface area is 76.6 Å². The summed E-state index contributed by atoms with van der Waals surface area (Å²) in [4.78, 5) is 14.9. The highest BCUT2D eigenvalue weighted by Gasteiger charge is 1.97. The van der Waals surface area contributed by atoms with Crippen molar-refractivity contribution >= 4 is 22.6 Å². The van der Waals surface area contributed by atoms with Gasteiger partial charge in [0.2, 0.25) is 0 Å². The second-order valence-corrected chi connectivity index (χ2v) is 2.99. The van der Waals surface area contributed by atoms with Crippen LogP contribution in [0, 0.1) is 14.9 Å². The monoisotopic (exact) mass is 261 g/mol. The van der Waals surface area contributed by atoms with Crippen LogP contribution < -0.4 is 5.56 Å².